The van der Waals surface area contributed by atoms with E-state index in [2.05, 4.69) is 22.1 Å². The highest BCUT2D eigenvalue weighted by molar-refractivity contribution is 6.32. The van der Waals surface area contributed by atoms with Crippen LogP contribution in [-0.4, -0.2) is 36.8 Å². The Labute approximate surface area is 165 Å². The summed E-state index contributed by atoms with van der Waals surface area (Å²) < 4.78 is 10.8. The highest BCUT2D eigenvalue weighted by Gasteiger charge is 2.23. The molecule has 2 heterocycles. The third-order valence-electron chi connectivity index (χ3n) is 4.93. The largest absolute Gasteiger partial charge is 0.495 e. The average Bonchev–Trinajstić information content (AvgIpc) is 2.68. The lowest BCUT2D eigenvalue weighted by molar-refractivity contribution is 0.405. The lowest BCUT2D eigenvalue weighted by Crippen LogP contribution is -2.40. The van der Waals surface area contributed by atoms with E-state index >= 15 is 0 Å². The first kappa shape index (κ1) is 19.5. The lowest BCUT2D eigenvalue weighted by Gasteiger charge is -2.35. The van der Waals surface area contributed by atoms with E-state index < -0.39 is 0 Å². The van der Waals surface area contributed by atoms with E-state index in [0.29, 0.717) is 22.6 Å². The lowest BCUT2D eigenvalue weighted by atomic mass is 10.0. The van der Waals surface area contributed by atoms with Crippen molar-refractivity contribution in [2.75, 3.05) is 31.0 Å². The number of anilines is 3. The van der Waals surface area contributed by atoms with Gasteiger partial charge < -0.3 is 19.7 Å². The fourth-order valence-corrected chi connectivity index (χ4v) is 3.76. The minimum absolute atomic E-state index is 0.499. The fraction of sp³-hybridized carbons (Fsp3) is 0.500. The van der Waals surface area contributed by atoms with Crippen molar-refractivity contribution in [1.29, 1.82) is 0 Å². The van der Waals surface area contributed by atoms with Crippen molar-refractivity contribution in [3.8, 4) is 11.5 Å². The van der Waals surface area contributed by atoms with Crippen LogP contribution in [0.4, 0.5) is 17.5 Å². The maximum absolute atomic E-state index is 6.20. The number of ether oxygens (including phenoxy) is 2. The fourth-order valence-electron chi connectivity index (χ4n) is 3.53. The van der Waals surface area contributed by atoms with Gasteiger partial charge in [0.25, 0.3) is 0 Å². The topological polar surface area (TPSA) is 59.5 Å². The summed E-state index contributed by atoms with van der Waals surface area (Å²) in [5.74, 6) is 2.71. The van der Waals surface area contributed by atoms with Crippen molar-refractivity contribution in [3.05, 3.63) is 28.9 Å². The number of nitrogens with zero attached hydrogens (tertiary/aromatic N) is 3. The van der Waals surface area contributed by atoms with E-state index in [1.54, 1.807) is 20.3 Å². The number of aromatic nitrogens is 2. The van der Waals surface area contributed by atoms with Crippen LogP contribution >= 0.6 is 11.6 Å². The van der Waals surface area contributed by atoms with Gasteiger partial charge in [-0.2, -0.15) is 4.98 Å². The second kappa shape index (κ2) is 8.65. The summed E-state index contributed by atoms with van der Waals surface area (Å²) in [5.41, 5.74) is 1.66. The van der Waals surface area contributed by atoms with Gasteiger partial charge in [0, 0.05) is 36.5 Å². The normalized spacial score (nSPS) is 16.9. The molecule has 1 aromatic heterocycles. The molecule has 6 nitrogen and oxygen atoms in total. The molecule has 27 heavy (non-hydrogen) atoms. The quantitative estimate of drug-likeness (QED) is 0.751. The summed E-state index contributed by atoms with van der Waals surface area (Å²) >= 11 is 6.20. The molecule has 0 aliphatic carbocycles. The maximum Gasteiger partial charge on any atom is 0.227 e. The Balaban J connectivity index is 1.93. The molecule has 2 aromatic rings. The van der Waals surface area contributed by atoms with Crippen LogP contribution in [0.15, 0.2) is 18.2 Å². The second-order valence-corrected chi connectivity index (χ2v) is 7.17. The van der Waals surface area contributed by atoms with Gasteiger partial charge in [-0.05, 0) is 32.6 Å². The van der Waals surface area contributed by atoms with E-state index in [1.165, 1.54) is 19.3 Å². The van der Waals surface area contributed by atoms with Gasteiger partial charge in [-0.25, -0.2) is 4.98 Å². The molecule has 1 saturated heterocycles. The van der Waals surface area contributed by atoms with Crippen LogP contribution < -0.4 is 19.7 Å². The first-order valence-corrected chi connectivity index (χ1v) is 9.74. The average molecular weight is 391 g/mol. The molecule has 0 amide bonds. The second-order valence-electron chi connectivity index (χ2n) is 6.76. The molecule has 1 unspecified atom stereocenters. The van der Waals surface area contributed by atoms with Gasteiger partial charge in [0.05, 0.1) is 24.9 Å². The summed E-state index contributed by atoms with van der Waals surface area (Å²) in [6.07, 6.45) is 4.74. The van der Waals surface area contributed by atoms with E-state index in [0.717, 1.165) is 36.1 Å². The number of halogens is 1. The minimum atomic E-state index is 0.499. The first-order valence-electron chi connectivity index (χ1n) is 9.36. The van der Waals surface area contributed by atoms with Crippen LogP contribution in [0.1, 0.15) is 38.3 Å². The molecule has 7 heteroatoms. The van der Waals surface area contributed by atoms with Crippen molar-refractivity contribution in [1.82, 2.24) is 9.97 Å². The minimum Gasteiger partial charge on any atom is -0.495 e. The number of piperidine rings is 1. The van der Waals surface area contributed by atoms with E-state index in [1.807, 2.05) is 19.1 Å². The van der Waals surface area contributed by atoms with Gasteiger partial charge in [-0.1, -0.05) is 18.5 Å². The molecule has 146 valence electrons. The Kier molecular flexibility index (Phi) is 6.26. The molecular weight excluding hydrogens is 364 g/mol. The Hall–Kier alpha value is -2.21. The highest BCUT2D eigenvalue weighted by atomic mass is 35.5. The Bertz CT molecular complexity index is 800. The van der Waals surface area contributed by atoms with Crippen molar-refractivity contribution in [2.45, 2.75) is 45.6 Å². The van der Waals surface area contributed by atoms with Gasteiger partial charge >= 0.3 is 0 Å². The predicted molar refractivity (Wildman–Crippen MR) is 110 cm³/mol. The first-order chi connectivity index (χ1) is 13.0. The van der Waals surface area contributed by atoms with Crippen LogP contribution in [0, 0.1) is 6.92 Å². The Morgan fingerprint density at radius 1 is 1.15 bits per heavy atom. The van der Waals surface area contributed by atoms with Crippen LogP contribution in [-0.2, 0) is 0 Å². The number of nitrogens with one attached hydrogen (secondary N) is 1. The van der Waals surface area contributed by atoms with Gasteiger partial charge in [0.15, 0.2) is 0 Å². The highest BCUT2D eigenvalue weighted by Crippen LogP contribution is 2.37. The van der Waals surface area contributed by atoms with Crippen LogP contribution in [0.5, 0.6) is 11.5 Å². The standard InChI is InChI=1S/C20H27ClN4O2/c1-5-14-8-6-7-9-25(14)20-22-13(2)10-19(24-20)23-16-12-17(26-3)15(21)11-18(16)27-4/h10-12,14H,5-9H2,1-4H3,(H,22,23,24). The zero-order valence-corrected chi connectivity index (χ0v) is 17.1. The van der Waals surface area contributed by atoms with Crippen molar-refractivity contribution >= 4 is 29.1 Å². The summed E-state index contributed by atoms with van der Waals surface area (Å²) in [6.45, 7) is 5.21. The molecule has 0 radical (unpaired) electrons. The zero-order chi connectivity index (χ0) is 19.4. The van der Waals surface area contributed by atoms with Gasteiger partial charge in [0.1, 0.15) is 17.3 Å². The third-order valence-corrected chi connectivity index (χ3v) is 5.23. The van der Waals surface area contributed by atoms with Crippen molar-refractivity contribution in [2.24, 2.45) is 0 Å². The summed E-state index contributed by atoms with van der Waals surface area (Å²) in [5, 5.41) is 3.84. The Morgan fingerprint density at radius 3 is 2.63 bits per heavy atom. The maximum atomic E-state index is 6.20. The molecular formula is C20H27ClN4O2. The van der Waals surface area contributed by atoms with Gasteiger partial charge in [0.2, 0.25) is 5.95 Å². The smallest absolute Gasteiger partial charge is 0.227 e. The number of aryl methyl sites for hydroxylation is 1. The van der Waals surface area contributed by atoms with E-state index in [4.69, 9.17) is 26.1 Å². The molecule has 0 saturated carbocycles. The molecule has 1 atom stereocenters. The summed E-state index contributed by atoms with van der Waals surface area (Å²) in [7, 11) is 3.20. The van der Waals surface area contributed by atoms with Gasteiger partial charge in [-0.15, -0.1) is 0 Å². The molecule has 1 aliphatic heterocycles. The van der Waals surface area contributed by atoms with Crippen LogP contribution in [0.25, 0.3) is 0 Å². The molecule has 1 aromatic carbocycles. The molecule has 1 fully saturated rings. The van der Waals surface area contributed by atoms with Crippen molar-refractivity contribution < 1.29 is 9.47 Å². The molecule has 0 bridgehead atoms. The summed E-state index contributed by atoms with van der Waals surface area (Å²) in [4.78, 5) is 11.8. The monoisotopic (exact) mass is 390 g/mol. The van der Waals surface area contributed by atoms with Crippen LogP contribution in [0.3, 0.4) is 0 Å². The number of benzene rings is 1. The van der Waals surface area contributed by atoms with E-state index in [9.17, 15) is 0 Å². The molecule has 0 spiro atoms. The molecule has 1 N–H and O–H groups in total. The molecule has 3 rings (SSSR count). The Morgan fingerprint density at radius 2 is 1.93 bits per heavy atom. The number of methoxy groups -OCH3 is 2. The van der Waals surface area contributed by atoms with Crippen molar-refractivity contribution in [3.63, 3.8) is 0 Å². The van der Waals surface area contributed by atoms with Gasteiger partial charge in [-0.3, -0.25) is 0 Å². The van der Waals surface area contributed by atoms with Crippen LogP contribution in [0.2, 0.25) is 5.02 Å². The molecule has 1 aliphatic rings. The third kappa shape index (κ3) is 4.38. The summed E-state index contributed by atoms with van der Waals surface area (Å²) in [6, 6.07) is 5.97. The number of hydrogen-bond donors (Lipinski definition) is 1. The number of rotatable bonds is 6. The number of hydrogen-bond acceptors (Lipinski definition) is 6. The predicted octanol–water partition coefficient (Wildman–Crippen LogP) is 4.97. The van der Waals surface area contributed by atoms with E-state index in [-0.39, 0.29) is 0 Å². The zero-order valence-electron chi connectivity index (χ0n) is 16.4. The SMILES string of the molecule is CCC1CCCCN1c1nc(C)cc(Nc2cc(OC)c(Cl)cc2OC)n1.